The molecule has 0 aliphatic heterocycles. The van der Waals surface area contributed by atoms with Crippen LogP contribution in [-0.4, -0.2) is 12.2 Å². The van der Waals surface area contributed by atoms with Crippen molar-refractivity contribution < 1.29 is 9.84 Å². The minimum atomic E-state index is -0.665. The summed E-state index contributed by atoms with van der Waals surface area (Å²) in [6.07, 6.45) is -0.665. The van der Waals surface area contributed by atoms with E-state index in [9.17, 15) is 5.11 Å². The Hall–Kier alpha value is -1.84. The topological polar surface area (TPSA) is 29.5 Å². The lowest BCUT2D eigenvalue weighted by Gasteiger charge is -2.17. The highest BCUT2D eigenvalue weighted by molar-refractivity contribution is 7.10. The van der Waals surface area contributed by atoms with Gasteiger partial charge >= 0.3 is 0 Å². The fourth-order valence-electron chi connectivity index (χ4n) is 2.57. The van der Waals surface area contributed by atoms with Crippen molar-refractivity contribution in [3.8, 4) is 5.75 Å². The summed E-state index contributed by atoms with van der Waals surface area (Å²) in [5, 5.41) is 14.9. The minimum absolute atomic E-state index is 0.665. The zero-order valence-corrected chi connectivity index (χ0v) is 12.3. The zero-order valence-electron chi connectivity index (χ0n) is 11.5. The van der Waals surface area contributed by atoms with Crippen LogP contribution in [0.3, 0.4) is 0 Å². The van der Waals surface area contributed by atoms with Gasteiger partial charge in [-0.2, -0.15) is 0 Å². The number of aliphatic hydroxyl groups is 1. The number of rotatable bonds is 3. The van der Waals surface area contributed by atoms with E-state index in [0.717, 1.165) is 32.5 Å². The fourth-order valence-corrected chi connectivity index (χ4v) is 3.30. The highest BCUT2D eigenvalue weighted by Gasteiger charge is 2.20. The predicted octanol–water partition coefficient (Wildman–Crippen LogP) is 4.30. The molecule has 0 saturated heterocycles. The minimum Gasteiger partial charge on any atom is -0.496 e. The molecule has 1 unspecified atom stereocenters. The van der Waals surface area contributed by atoms with Crippen molar-refractivity contribution in [1.82, 2.24) is 0 Å². The summed E-state index contributed by atoms with van der Waals surface area (Å²) in [4.78, 5) is 1.13. The number of hydrogen-bond acceptors (Lipinski definition) is 3. The Morgan fingerprint density at radius 3 is 2.60 bits per heavy atom. The Labute approximate surface area is 122 Å². The summed E-state index contributed by atoms with van der Waals surface area (Å²) in [5.41, 5.74) is 1.79. The maximum atomic E-state index is 10.8. The fraction of sp³-hybridized carbons (Fsp3) is 0.176. The second kappa shape index (κ2) is 5.27. The van der Waals surface area contributed by atoms with Gasteiger partial charge in [-0.25, -0.2) is 0 Å². The van der Waals surface area contributed by atoms with Crippen molar-refractivity contribution in [2.45, 2.75) is 13.0 Å². The number of aryl methyl sites for hydroxylation is 1. The first kappa shape index (κ1) is 13.2. The van der Waals surface area contributed by atoms with E-state index in [0.29, 0.717) is 0 Å². The molecule has 0 saturated carbocycles. The largest absolute Gasteiger partial charge is 0.496 e. The normalized spacial score (nSPS) is 12.6. The maximum absolute atomic E-state index is 10.8. The van der Waals surface area contributed by atoms with E-state index in [-0.39, 0.29) is 0 Å². The lowest BCUT2D eigenvalue weighted by molar-refractivity contribution is 0.216. The molecular weight excluding hydrogens is 268 g/mol. The first-order valence-electron chi connectivity index (χ1n) is 6.50. The van der Waals surface area contributed by atoms with E-state index in [4.69, 9.17) is 4.74 Å². The van der Waals surface area contributed by atoms with Crippen LogP contribution in [0.25, 0.3) is 10.8 Å². The second-order valence-corrected chi connectivity index (χ2v) is 5.86. The average Bonchev–Trinajstić information content (AvgIpc) is 2.91. The Morgan fingerprint density at radius 2 is 1.90 bits per heavy atom. The molecule has 0 aliphatic rings. The van der Waals surface area contributed by atoms with Crippen LogP contribution in [0, 0.1) is 6.92 Å². The van der Waals surface area contributed by atoms with Crippen LogP contribution in [0.4, 0.5) is 0 Å². The molecule has 0 spiro atoms. The Balaban J connectivity index is 2.26. The van der Waals surface area contributed by atoms with Crippen LogP contribution in [0.1, 0.15) is 22.1 Å². The van der Waals surface area contributed by atoms with Crippen LogP contribution in [0.5, 0.6) is 5.75 Å². The molecule has 0 bridgehead atoms. The SMILES string of the molecule is COc1ccc2ccccc2c1C(O)c1ccsc1C. The summed E-state index contributed by atoms with van der Waals surface area (Å²) < 4.78 is 5.46. The molecule has 20 heavy (non-hydrogen) atoms. The van der Waals surface area contributed by atoms with Gasteiger partial charge < -0.3 is 9.84 Å². The summed E-state index contributed by atoms with van der Waals surface area (Å²) in [6.45, 7) is 2.03. The van der Waals surface area contributed by atoms with Crippen molar-refractivity contribution in [2.24, 2.45) is 0 Å². The number of benzene rings is 2. The number of aliphatic hydroxyl groups excluding tert-OH is 1. The summed E-state index contributed by atoms with van der Waals surface area (Å²) in [7, 11) is 1.64. The van der Waals surface area contributed by atoms with Crippen molar-refractivity contribution in [2.75, 3.05) is 7.11 Å². The molecular formula is C17H16O2S. The van der Waals surface area contributed by atoms with E-state index < -0.39 is 6.10 Å². The van der Waals surface area contributed by atoms with E-state index in [1.54, 1.807) is 18.4 Å². The van der Waals surface area contributed by atoms with Crippen molar-refractivity contribution in [3.05, 3.63) is 63.8 Å². The molecule has 0 aliphatic carbocycles. The Bertz CT molecular complexity index is 746. The average molecular weight is 284 g/mol. The molecule has 1 aromatic heterocycles. The van der Waals surface area contributed by atoms with Crippen LogP contribution < -0.4 is 4.74 Å². The Morgan fingerprint density at radius 1 is 1.10 bits per heavy atom. The first-order valence-corrected chi connectivity index (χ1v) is 7.38. The number of ether oxygens (including phenoxy) is 1. The third-order valence-corrected chi connectivity index (χ3v) is 4.48. The van der Waals surface area contributed by atoms with Gasteiger partial charge in [-0.15, -0.1) is 11.3 Å². The van der Waals surface area contributed by atoms with E-state index in [1.807, 2.05) is 54.8 Å². The van der Waals surface area contributed by atoms with E-state index >= 15 is 0 Å². The first-order chi connectivity index (χ1) is 9.72. The molecule has 3 aromatic rings. The summed E-state index contributed by atoms with van der Waals surface area (Å²) in [6, 6.07) is 14.0. The molecule has 102 valence electrons. The van der Waals surface area contributed by atoms with E-state index in [1.165, 1.54) is 0 Å². The standard InChI is InChI=1S/C17H16O2S/c1-11-13(9-10-20-11)17(18)16-14-6-4-3-5-12(14)7-8-15(16)19-2/h3-10,17-18H,1-2H3. The molecule has 2 aromatic carbocycles. The molecule has 3 heteroatoms. The van der Waals surface area contributed by atoms with Gasteiger partial charge in [0.25, 0.3) is 0 Å². The lowest BCUT2D eigenvalue weighted by Crippen LogP contribution is -2.03. The number of thiophene rings is 1. The molecule has 2 nitrogen and oxygen atoms in total. The van der Waals surface area contributed by atoms with Crippen molar-refractivity contribution in [1.29, 1.82) is 0 Å². The van der Waals surface area contributed by atoms with Gasteiger partial charge in [0, 0.05) is 10.4 Å². The van der Waals surface area contributed by atoms with Gasteiger partial charge in [-0.05, 0) is 40.8 Å². The highest BCUT2D eigenvalue weighted by atomic mass is 32.1. The predicted molar refractivity (Wildman–Crippen MR) is 83.6 cm³/mol. The highest BCUT2D eigenvalue weighted by Crippen LogP contribution is 2.38. The van der Waals surface area contributed by atoms with Crippen molar-refractivity contribution in [3.63, 3.8) is 0 Å². The van der Waals surface area contributed by atoms with Gasteiger partial charge in [0.15, 0.2) is 0 Å². The number of fused-ring (bicyclic) bond motifs is 1. The monoisotopic (exact) mass is 284 g/mol. The smallest absolute Gasteiger partial charge is 0.125 e. The van der Waals surface area contributed by atoms with Crippen LogP contribution in [-0.2, 0) is 0 Å². The molecule has 0 radical (unpaired) electrons. The molecule has 0 amide bonds. The lowest BCUT2D eigenvalue weighted by atomic mass is 9.95. The molecule has 3 rings (SSSR count). The van der Waals surface area contributed by atoms with E-state index in [2.05, 4.69) is 0 Å². The molecule has 1 N–H and O–H groups in total. The van der Waals surface area contributed by atoms with Gasteiger partial charge in [0.05, 0.1) is 7.11 Å². The van der Waals surface area contributed by atoms with Crippen LogP contribution in [0.2, 0.25) is 0 Å². The third kappa shape index (κ3) is 2.09. The van der Waals surface area contributed by atoms with Crippen LogP contribution >= 0.6 is 11.3 Å². The Kier molecular flexibility index (Phi) is 3.47. The molecule has 1 atom stereocenters. The van der Waals surface area contributed by atoms with Gasteiger partial charge in [0.2, 0.25) is 0 Å². The zero-order chi connectivity index (χ0) is 14.1. The van der Waals surface area contributed by atoms with Gasteiger partial charge in [-0.3, -0.25) is 0 Å². The second-order valence-electron chi connectivity index (χ2n) is 4.74. The van der Waals surface area contributed by atoms with Gasteiger partial charge in [0.1, 0.15) is 11.9 Å². The summed E-state index contributed by atoms with van der Waals surface area (Å²) in [5.74, 6) is 0.724. The number of methoxy groups -OCH3 is 1. The van der Waals surface area contributed by atoms with Crippen LogP contribution in [0.15, 0.2) is 47.8 Å². The quantitative estimate of drug-likeness (QED) is 0.777. The summed E-state index contributed by atoms with van der Waals surface area (Å²) >= 11 is 1.65. The maximum Gasteiger partial charge on any atom is 0.125 e. The molecule has 1 heterocycles. The number of hydrogen-bond donors (Lipinski definition) is 1. The van der Waals surface area contributed by atoms with Gasteiger partial charge in [-0.1, -0.05) is 30.3 Å². The third-order valence-electron chi connectivity index (χ3n) is 3.62. The van der Waals surface area contributed by atoms with Crippen molar-refractivity contribution >= 4 is 22.1 Å². The molecule has 0 fully saturated rings.